The van der Waals surface area contributed by atoms with Crippen LogP contribution in [-0.2, 0) is 17.8 Å². The highest BCUT2D eigenvalue weighted by molar-refractivity contribution is 9.10. The van der Waals surface area contributed by atoms with E-state index in [0.29, 0.717) is 13.0 Å². The second-order valence-electron chi connectivity index (χ2n) is 4.67. The third kappa shape index (κ3) is 4.49. The van der Waals surface area contributed by atoms with Gasteiger partial charge in [0.2, 0.25) is 5.91 Å². The molecule has 2 rings (SSSR count). The molecule has 0 fully saturated rings. The molecule has 0 heterocycles. The summed E-state index contributed by atoms with van der Waals surface area (Å²) < 4.78 is 0.929. The Labute approximate surface area is 132 Å². The van der Waals surface area contributed by atoms with Crippen molar-refractivity contribution < 1.29 is 9.90 Å². The van der Waals surface area contributed by atoms with Crippen LogP contribution in [0.15, 0.2) is 46.9 Å². The van der Waals surface area contributed by atoms with Crippen molar-refractivity contribution in [2.75, 3.05) is 12.4 Å². The number of carbonyl (C=O) groups is 1. The summed E-state index contributed by atoms with van der Waals surface area (Å²) in [7, 11) is 1.63. The fourth-order valence-electron chi connectivity index (χ4n) is 1.91. The smallest absolute Gasteiger partial charge is 0.224 e. The summed E-state index contributed by atoms with van der Waals surface area (Å²) in [5.74, 6) is 0.261. The first-order chi connectivity index (χ1) is 10.1. The van der Waals surface area contributed by atoms with Crippen LogP contribution in [0.5, 0.6) is 5.75 Å². The highest BCUT2D eigenvalue weighted by Gasteiger charge is 2.03. The molecule has 110 valence electrons. The summed E-state index contributed by atoms with van der Waals surface area (Å²) in [6, 6.07) is 13.0. The van der Waals surface area contributed by atoms with Crippen molar-refractivity contribution in [3.63, 3.8) is 0 Å². The number of phenolic OH excluding ortho intramolecular Hbond substituents is 1. The van der Waals surface area contributed by atoms with Crippen LogP contribution in [0.3, 0.4) is 0 Å². The third-order valence-electron chi connectivity index (χ3n) is 3.12. The molecular weight excluding hydrogens is 332 g/mol. The summed E-state index contributed by atoms with van der Waals surface area (Å²) in [5.41, 5.74) is 2.72. The molecular formula is C16H17BrN2O2. The van der Waals surface area contributed by atoms with Gasteiger partial charge in [-0.15, -0.1) is 0 Å². The minimum absolute atomic E-state index is 0.00485. The maximum Gasteiger partial charge on any atom is 0.224 e. The van der Waals surface area contributed by atoms with E-state index in [0.717, 1.165) is 21.3 Å². The van der Waals surface area contributed by atoms with E-state index in [4.69, 9.17) is 0 Å². The molecule has 0 aliphatic heterocycles. The number of nitrogens with one attached hydrogen (secondary N) is 2. The molecule has 5 heteroatoms. The van der Waals surface area contributed by atoms with Gasteiger partial charge in [0, 0.05) is 29.3 Å². The Morgan fingerprint density at radius 1 is 1.19 bits per heavy atom. The Morgan fingerprint density at radius 3 is 2.57 bits per heavy atom. The Kier molecular flexibility index (Phi) is 5.22. The first kappa shape index (κ1) is 15.4. The number of benzene rings is 2. The van der Waals surface area contributed by atoms with Gasteiger partial charge in [0.15, 0.2) is 0 Å². The summed E-state index contributed by atoms with van der Waals surface area (Å²) in [5, 5.41) is 15.6. The Hall–Kier alpha value is -2.01. The van der Waals surface area contributed by atoms with Crippen LogP contribution in [0, 0.1) is 0 Å². The van der Waals surface area contributed by atoms with E-state index in [9.17, 15) is 9.90 Å². The van der Waals surface area contributed by atoms with Crippen molar-refractivity contribution in [3.05, 3.63) is 58.1 Å². The fourth-order valence-corrected chi connectivity index (χ4v) is 2.32. The predicted molar refractivity (Wildman–Crippen MR) is 87.3 cm³/mol. The number of aromatic hydroxyl groups is 1. The van der Waals surface area contributed by atoms with Crippen molar-refractivity contribution in [1.29, 1.82) is 0 Å². The molecule has 0 bridgehead atoms. The van der Waals surface area contributed by atoms with Gasteiger partial charge in [0.25, 0.3) is 0 Å². The van der Waals surface area contributed by atoms with E-state index < -0.39 is 0 Å². The van der Waals surface area contributed by atoms with Crippen molar-refractivity contribution in [2.45, 2.75) is 13.0 Å². The van der Waals surface area contributed by atoms with Crippen LogP contribution in [-0.4, -0.2) is 18.1 Å². The van der Waals surface area contributed by atoms with E-state index in [2.05, 4.69) is 26.6 Å². The van der Waals surface area contributed by atoms with Gasteiger partial charge in [-0.1, -0.05) is 28.1 Å². The molecule has 0 aliphatic rings. The lowest BCUT2D eigenvalue weighted by Gasteiger charge is -2.09. The predicted octanol–water partition coefficient (Wildman–Crippen LogP) is 3.06. The van der Waals surface area contributed by atoms with Crippen molar-refractivity contribution in [3.8, 4) is 5.75 Å². The van der Waals surface area contributed by atoms with Crippen molar-refractivity contribution in [1.82, 2.24) is 5.32 Å². The summed E-state index contributed by atoms with van der Waals surface area (Å²) in [4.78, 5) is 11.3. The number of amides is 1. The normalized spacial score (nSPS) is 10.2. The van der Waals surface area contributed by atoms with E-state index in [1.54, 1.807) is 19.2 Å². The van der Waals surface area contributed by atoms with E-state index >= 15 is 0 Å². The number of carbonyl (C=O) groups excluding carboxylic acids is 1. The highest BCUT2D eigenvalue weighted by Crippen LogP contribution is 2.23. The number of hydrogen-bond donors (Lipinski definition) is 3. The number of anilines is 1. The Morgan fingerprint density at radius 2 is 1.90 bits per heavy atom. The van der Waals surface area contributed by atoms with Gasteiger partial charge in [-0.25, -0.2) is 0 Å². The first-order valence-corrected chi connectivity index (χ1v) is 7.38. The number of likely N-dealkylation sites (N-methyl/N-ethyl adjacent to an activating group) is 1. The number of rotatable bonds is 5. The van der Waals surface area contributed by atoms with Crippen LogP contribution in [0.25, 0.3) is 0 Å². The van der Waals surface area contributed by atoms with Crippen LogP contribution in [0.1, 0.15) is 11.1 Å². The third-order valence-corrected chi connectivity index (χ3v) is 3.62. The van der Waals surface area contributed by atoms with Gasteiger partial charge in [-0.3, -0.25) is 4.79 Å². The minimum atomic E-state index is -0.00485. The summed E-state index contributed by atoms with van der Waals surface area (Å²) >= 11 is 3.38. The second-order valence-corrected chi connectivity index (χ2v) is 5.59. The van der Waals surface area contributed by atoms with Crippen LogP contribution in [0.2, 0.25) is 0 Å². The molecule has 0 saturated carbocycles. The zero-order valence-electron chi connectivity index (χ0n) is 11.7. The van der Waals surface area contributed by atoms with Crippen LogP contribution in [0.4, 0.5) is 5.69 Å². The summed E-state index contributed by atoms with van der Waals surface area (Å²) in [6.45, 7) is 0.528. The van der Waals surface area contributed by atoms with Gasteiger partial charge < -0.3 is 15.7 Å². The monoisotopic (exact) mass is 348 g/mol. The fraction of sp³-hybridized carbons (Fsp3) is 0.188. The van der Waals surface area contributed by atoms with Gasteiger partial charge in [0.05, 0.1) is 6.42 Å². The molecule has 3 N–H and O–H groups in total. The van der Waals surface area contributed by atoms with Gasteiger partial charge >= 0.3 is 0 Å². The average Bonchev–Trinajstić information content (AvgIpc) is 2.49. The van der Waals surface area contributed by atoms with E-state index in [-0.39, 0.29) is 11.7 Å². The topological polar surface area (TPSA) is 61.4 Å². The molecule has 0 radical (unpaired) electrons. The van der Waals surface area contributed by atoms with Gasteiger partial charge in [-0.2, -0.15) is 0 Å². The second kappa shape index (κ2) is 7.13. The SMILES string of the molecule is CNC(=O)Cc1ccc(NCc2cc(Br)ccc2O)cc1. The first-order valence-electron chi connectivity index (χ1n) is 6.59. The molecule has 0 unspecified atom stereocenters. The lowest BCUT2D eigenvalue weighted by molar-refractivity contribution is -0.119. The molecule has 0 spiro atoms. The molecule has 0 aliphatic carbocycles. The van der Waals surface area contributed by atoms with E-state index in [1.807, 2.05) is 30.3 Å². The highest BCUT2D eigenvalue weighted by atomic mass is 79.9. The Bertz CT molecular complexity index is 627. The van der Waals surface area contributed by atoms with Crippen molar-refractivity contribution >= 4 is 27.5 Å². The molecule has 1 amide bonds. The zero-order chi connectivity index (χ0) is 15.2. The lowest BCUT2D eigenvalue weighted by atomic mass is 10.1. The van der Waals surface area contributed by atoms with Gasteiger partial charge in [-0.05, 0) is 35.9 Å². The van der Waals surface area contributed by atoms with Crippen LogP contribution >= 0.6 is 15.9 Å². The zero-order valence-corrected chi connectivity index (χ0v) is 13.3. The van der Waals surface area contributed by atoms with Gasteiger partial charge in [0.1, 0.15) is 5.75 Å². The number of phenols is 1. The molecule has 0 atom stereocenters. The van der Waals surface area contributed by atoms with Crippen LogP contribution < -0.4 is 10.6 Å². The molecule has 4 nitrogen and oxygen atoms in total. The average molecular weight is 349 g/mol. The number of halogens is 1. The minimum Gasteiger partial charge on any atom is -0.508 e. The largest absolute Gasteiger partial charge is 0.508 e. The molecule has 21 heavy (non-hydrogen) atoms. The molecule has 0 saturated heterocycles. The maximum atomic E-state index is 11.3. The van der Waals surface area contributed by atoms with Crippen molar-refractivity contribution in [2.24, 2.45) is 0 Å². The summed E-state index contributed by atoms with van der Waals surface area (Å²) in [6.07, 6.45) is 0.378. The molecule has 2 aromatic carbocycles. The maximum absolute atomic E-state index is 11.3. The standard InChI is InChI=1S/C16H17BrN2O2/c1-18-16(21)8-11-2-5-14(6-3-11)19-10-12-9-13(17)4-7-15(12)20/h2-7,9,19-20H,8,10H2,1H3,(H,18,21). The Balaban J connectivity index is 1.97. The quantitative estimate of drug-likeness (QED) is 0.778. The van der Waals surface area contributed by atoms with E-state index in [1.165, 1.54) is 0 Å². The molecule has 2 aromatic rings. The number of hydrogen-bond acceptors (Lipinski definition) is 3. The molecule has 0 aromatic heterocycles. The lowest BCUT2D eigenvalue weighted by Crippen LogP contribution is -2.19.